The number of H-pyrrole nitrogens is 1. The number of hydrogen-bond acceptors (Lipinski definition) is 5. The Morgan fingerprint density at radius 1 is 1.43 bits per heavy atom. The van der Waals surface area contributed by atoms with Crippen LogP contribution in [0.5, 0.6) is 0 Å². The van der Waals surface area contributed by atoms with Crippen LogP contribution >= 0.6 is 12.2 Å². The first-order chi connectivity index (χ1) is 10.2. The number of amides is 1. The summed E-state index contributed by atoms with van der Waals surface area (Å²) >= 11 is 4.90. The predicted molar refractivity (Wildman–Crippen MR) is 77.4 cm³/mol. The van der Waals surface area contributed by atoms with E-state index in [1.54, 1.807) is 30.3 Å². The van der Waals surface area contributed by atoms with E-state index >= 15 is 0 Å². The number of aromatic nitrogens is 1. The zero-order chi connectivity index (χ0) is 14.8. The second-order valence-corrected chi connectivity index (χ2v) is 4.82. The zero-order valence-electron chi connectivity index (χ0n) is 10.8. The monoisotopic (exact) mass is 304 g/mol. The standard InChI is InChI=1S/C14H12N2O4S/c17-7-10(11-2-1-5-19-11)15-13(18)8-3-4-9-12(6-8)20-14(21)16-9/h1-6,10,17H,7H2,(H,15,18)(H,16,21). The Hall–Kier alpha value is -2.38. The molecule has 0 aliphatic carbocycles. The van der Waals surface area contributed by atoms with Crippen LogP contribution in [0, 0.1) is 4.84 Å². The van der Waals surface area contributed by atoms with Crippen molar-refractivity contribution in [3.05, 3.63) is 52.8 Å². The Balaban J connectivity index is 1.84. The van der Waals surface area contributed by atoms with Crippen LogP contribution in [0.4, 0.5) is 0 Å². The number of rotatable bonds is 4. The summed E-state index contributed by atoms with van der Waals surface area (Å²) in [5.74, 6) is 0.153. The Morgan fingerprint density at radius 3 is 3.00 bits per heavy atom. The van der Waals surface area contributed by atoms with Crippen molar-refractivity contribution in [3.8, 4) is 0 Å². The SMILES string of the molecule is O=C(NC(CO)c1ccco1)c1ccc2[nH]c(=S)oc2c1. The Bertz CT molecular complexity index is 819. The Morgan fingerprint density at radius 2 is 2.29 bits per heavy atom. The minimum atomic E-state index is -0.596. The highest BCUT2D eigenvalue weighted by Crippen LogP contribution is 2.17. The summed E-state index contributed by atoms with van der Waals surface area (Å²) in [6, 6.07) is 7.74. The third-order valence-electron chi connectivity index (χ3n) is 3.06. The highest BCUT2D eigenvalue weighted by Gasteiger charge is 2.17. The maximum atomic E-state index is 12.2. The number of fused-ring (bicyclic) bond motifs is 1. The molecule has 0 bridgehead atoms. The number of hydrogen-bond donors (Lipinski definition) is 3. The van der Waals surface area contributed by atoms with E-state index in [4.69, 9.17) is 21.1 Å². The summed E-state index contributed by atoms with van der Waals surface area (Å²) in [6.07, 6.45) is 1.49. The molecule has 108 valence electrons. The van der Waals surface area contributed by atoms with Crippen LogP contribution in [0.2, 0.25) is 0 Å². The topological polar surface area (TPSA) is 91.4 Å². The molecular formula is C14H12N2O4S. The molecule has 0 aliphatic heterocycles. The molecule has 6 nitrogen and oxygen atoms in total. The number of oxazole rings is 1. The summed E-state index contributed by atoms with van der Waals surface area (Å²) in [5.41, 5.74) is 1.64. The lowest BCUT2D eigenvalue weighted by Gasteiger charge is -2.13. The molecule has 21 heavy (non-hydrogen) atoms. The van der Waals surface area contributed by atoms with Crippen molar-refractivity contribution in [3.63, 3.8) is 0 Å². The number of aliphatic hydroxyl groups excluding tert-OH is 1. The molecule has 1 amide bonds. The van der Waals surface area contributed by atoms with Crippen molar-refractivity contribution in [2.24, 2.45) is 0 Å². The smallest absolute Gasteiger partial charge is 0.266 e. The lowest BCUT2D eigenvalue weighted by molar-refractivity contribution is 0.0907. The molecule has 3 rings (SSSR count). The summed E-state index contributed by atoms with van der Waals surface area (Å²) in [6.45, 7) is -0.258. The highest BCUT2D eigenvalue weighted by atomic mass is 32.1. The molecule has 0 fully saturated rings. The predicted octanol–water partition coefficient (Wildman–Crippen LogP) is 2.55. The van der Waals surface area contributed by atoms with Gasteiger partial charge in [-0.2, -0.15) is 0 Å². The second kappa shape index (κ2) is 5.55. The van der Waals surface area contributed by atoms with E-state index in [1.165, 1.54) is 6.26 Å². The molecule has 0 spiro atoms. The molecule has 3 aromatic rings. The van der Waals surface area contributed by atoms with Crippen LogP contribution < -0.4 is 5.32 Å². The normalized spacial score (nSPS) is 12.4. The summed E-state index contributed by atoms with van der Waals surface area (Å²) in [4.78, 5) is 15.3. The van der Waals surface area contributed by atoms with Crippen molar-refractivity contribution >= 4 is 29.2 Å². The fourth-order valence-electron chi connectivity index (χ4n) is 2.02. The lowest BCUT2D eigenvalue weighted by Crippen LogP contribution is -2.30. The van der Waals surface area contributed by atoms with Gasteiger partial charge >= 0.3 is 0 Å². The van der Waals surface area contributed by atoms with E-state index < -0.39 is 6.04 Å². The van der Waals surface area contributed by atoms with E-state index in [0.717, 1.165) is 5.52 Å². The summed E-state index contributed by atoms with van der Waals surface area (Å²) < 4.78 is 10.5. The molecule has 7 heteroatoms. The molecule has 2 heterocycles. The molecule has 1 aromatic carbocycles. The van der Waals surface area contributed by atoms with Crippen LogP contribution in [0.15, 0.2) is 45.4 Å². The van der Waals surface area contributed by atoms with Crippen molar-refractivity contribution < 1.29 is 18.7 Å². The van der Waals surface area contributed by atoms with Gasteiger partial charge in [0.1, 0.15) is 11.8 Å². The summed E-state index contributed by atoms with van der Waals surface area (Å²) in [5, 5.41) is 12.1. The molecule has 3 N–H and O–H groups in total. The number of carbonyl (C=O) groups is 1. The molecule has 2 aromatic heterocycles. The number of aliphatic hydroxyl groups is 1. The second-order valence-electron chi connectivity index (χ2n) is 4.45. The van der Waals surface area contributed by atoms with E-state index in [0.29, 0.717) is 16.9 Å². The minimum absolute atomic E-state index is 0.256. The molecular weight excluding hydrogens is 292 g/mol. The number of carbonyl (C=O) groups excluding carboxylic acids is 1. The van der Waals surface area contributed by atoms with Gasteiger partial charge in [-0.3, -0.25) is 4.79 Å². The van der Waals surface area contributed by atoms with Gasteiger partial charge < -0.3 is 24.2 Å². The lowest BCUT2D eigenvalue weighted by atomic mass is 10.1. The van der Waals surface area contributed by atoms with Crippen LogP contribution in [0.3, 0.4) is 0 Å². The maximum Gasteiger partial charge on any atom is 0.266 e. The fraction of sp³-hybridized carbons (Fsp3) is 0.143. The van der Waals surface area contributed by atoms with Gasteiger partial charge in [-0.05, 0) is 42.5 Å². The number of benzene rings is 1. The maximum absolute atomic E-state index is 12.2. The quantitative estimate of drug-likeness (QED) is 0.644. The van der Waals surface area contributed by atoms with Crippen molar-refractivity contribution in [2.75, 3.05) is 6.61 Å². The minimum Gasteiger partial charge on any atom is -0.467 e. The van der Waals surface area contributed by atoms with Gasteiger partial charge in [-0.15, -0.1) is 0 Å². The molecule has 0 radical (unpaired) electrons. The van der Waals surface area contributed by atoms with E-state index in [2.05, 4.69) is 10.3 Å². The van der Waals surface area contributed by atoms with Gasteiger partial charge in [-0.1, -0.05) is 0 Å². The van der Waals surface area contributed by atoms with E-state index in [-0.39, 0.29) is 17.4 Å². The van der Waals surface area contributed by atoms with Crippen LogP contribution in [0.25, 0.3) is 11.1 Å². The number of nitrogens with one attached hydrogen (secondary N) is 2. The van der Waals surface area contributed by atoms with Gasteiger partial charge in [0.05, 0.1) is 18.4 Å². The van der Waals surface area contributed by atoms with Gasteiger partial charge in [0.2, 0.25) is 0 Å². The zero-order valence-corrected chi connectivity index (χ0v) is 11.6. The average molecular weight is 304 g/mol. The third-order valence-corrected chi connectivity index (χ3v) is 3.24. The van der Waals surface area contributed by atoms with Crippen LogP contribution in [-0.4, -0.2) is 22.6 Å². The molecule has 0 saturated carbocycles. The first-order valence-electron chi connectivity index (χ1n) is 6.25. The number of aromatic amines is 1. The van der Waals surface area contributed by atoms with Crippen molar-refractivity contribution in [1.29, 1.82) is 0 Å². The first kappa shape index (κ1) is 13.6. The molecule has 1 unspecified atom stereocenters. The van der Waals surface area contributed by atoms with Crippen LogP contribution in [-0.2, 0) is 0 Å². The van der Waals surface area contributed by atoms with Crippen molar-refractivity contribution in [2.45, 2.75) is 6.04 Å². The molecule has 1 atom stereocenters. The molecule has 0 aliphatic rings. The van der Waals surface area contributed by atoms with Crippen molar-refractivity contribution in [1.82, 2.24) is 10.3 Å². The van der Waals surface area contributed by atoms with Crippen LogP contribution in [0.1, 0.15) is 22.2 Å². The highest BCUT2D eigenvalue weighted by molar-refractivity contribution is 7.71. The summed E-state index contributed by atoms with van der Waals surface area (Å²) in [7, 11) is 0. The Kier molecular flexibility index (Phi) is 3.59. The van der Waals surface area contributed by atoms with Gasteiger partial charge in [0.25, 0.3) is 10.7 Å². The largest absolute Gasteiger partial charge is 0.467 e. The van der Waals surface area contributed by atoms with E-state index in [9.17, 15) is 9.90 Å². The fourth-order valence-corrected chi connectivity index (χ4v) is 2.22. The number of furan rings is 1. The van der Waals surface area contributed by atoms with Gasteiger partial charge in [-0.25, -0.2) is 0 Å². The first-order valence-corrected chi connectivity index (χ1v) is 6.66. The Labute approximate surface area is 124 Å². The van der Waals surface area contributed by atoms with Gasteiger partial charge in [0, 0.05) is 5.56 Å². The van der Waals surface area contributed by atoms with E-state index in [1.807, 2.05) is 0 Å². The third kappa shape index (κ3) is 2.74. The van der Waals surface area contributed by atoms with Gasteiger partial charge in [0.15, 0.2) is 5.58 Å². The average Bonchev–Trinajstić information content (AvgIpc) is 3.11. The molecule has 0 saturated heterocycles.